The molecule has 2 aliphatic rings. The maximum absolute atomic E-state index is 13.5. The number of urea groups is 1. The van der Waals surface area contributed by atoms with Crippen LogP contribution in [0.5, 0.6) is 0 Å². The quantitative estimate of drug-likeness (QED) is 0.482. The van der Waals surface area contributed by atoms with Gasteiger partial charge in [-0.3, -0.25) is 10.1 Å². The van der Waals surface area contributed by atoms with E-state index in [0.29, 0.717) is 28.3 Å². The van der Waals surface area contributed by atoms with Crippen molar-refractivity contribution in [3.63, 3.8) is 0 Å². The topological polar surface area (TPSA) is 84.2 Å². The Kier molecular flexibility index (Phi) is 2.28. The fourth-order valence-electron chi connectivity index (χ4n) is 2.39. The van der Waals surface area contributed by atoms with Gasteiger partial charge in [-0.1, -0.05) is 0 Å². The highest BCUT2D eigenvalue weighted by Crippen LogP contribution is 2.44. The van der Waals surface area contributed by atoms with Crippen molar-refractivity contribution >= 4 is 29.4 Å². The van der Waals surface area contributed by atoms with E-state index in [-0.39, 0.29) is 0 Å². The Labute approximate surface area is 106 Å². The van der Waals surface area contributed by atoms with Gasteiger partial charge in [0.25, 0.3) is 5.91 Å². The third-order valence-corrected chi connectivity index (χ3v) is 4.36. The minimum absolute atomic E-state index is 0.294. The van der Waals surface area contributed by atoms with Crippen LogP contribution < -0.4 is 16.4 Å². The summed E-state index contributed by atoms with van der Waals surface area (Å²) in [6.07, 6.45) is 0.422. The average molecular weight is 267 g/mol. The molecule has 7 heteroatoms. The Morgan fingerprint density at radius 3 is 2.83 bits per heavy atom. The third kappa shape index (κ3) is 1.40. The number of rotatable bonds is 0. The van der Waals surface area contributed by atoms with E-state index < -0.39 is 23.3 Å². The fraction of sp³-hybridized carbons (Fsp3) is 0.273. The Morgan fingerprint density at radius 2 is 2.17 bits per heavy atom. The number of thioether (sulfide) groups is 1. The number of amides is 3. The molecule has 0 radical (unpaired) electrons. The summed E-state index contributed by atoms with van der Waals surface area (Å²) >= 11 is 1.47. The normalized spacial score (nSPS) is 25.8. The molecule has 5 nitrogen and oxygen atoms in total. The van der Waals surface area contributed by atoms with E-state index in [1.165, 1.54) is 23.9 Å². The molecule has 0 bridgehead atoms. The summed E-state index contributed by atoms with van der Waals surface area (Å²) in [5.74, 6) is -0.322. The number of nitrogens with two attached hydrogens (primary N) is 1. The Bertz CT molecular complexity index is 578. The summed E-state index contributed by atoms with van der Waals surface area (Å²) in [5.41, 5.74) is 5.33. The molecular formula is C11H10FN3O2S. The summed E-state index contributed by atoms with van der Waals surface area (Å²) in [5, 5.41) is 4.79. The number of anilines is 1. The lowest BCUT2D eigenvalue weighted by Gasteiger charge is -2.33. The van der Waals surface area contributed by atoms with Crippen LogP contribution in [0.15, 0.2) is 17.0 Å². The molecule has 1 spiro atoms. The maximum Gasteiger partial charge on any atom is 0.322 e. The van der Waals surface area contributed by atoms with Crippen molar-refractivity contribution in [2.24, 2.45) is 0 Å². The van der Waals surface area contributed by atoms with Crippen molar-refractivity contribution in [1.82, 2.24) is 10.6 Å². The lowest BCUT2D eigenvalue weighted by atomic mass is 9.86. The zero-order valence-corrected chi connectivity index (χ0v) is 10.1. The molecule has 0 saturated carbocycles. The number of halogens is 1. The molecule has 2 aliphatic heterocycles. The van der Waals surface area contributed by atoms with Gasteiger partial charge in [0.05, 0.1) is 0 Å². The summed E-state index contributed by atoms with van der Waals surface area (Å²) < 4.78 is 13.5. The molecule has 4 N–H and O–H groups in total. The molecule has 0 aromatic heterocycles. The number of nitrogen functional groups attached to an aromatic ring is 1. The number of fused-ring (bicyclic) bond motifs is 2. The molecular weight excluding hydrogens is 257 g/mol. The van der Waals surface area contributed by atoms with Crippen molar-refractivity contribution in [2.45, 2.75) is 16.9 Å². The molecule has 3 amide bonds. The molecule has 94 valence electrons. The van der Waals surface area contributed by atoms with Gasteiger partial charge in [0.15, 0.2) is 0 Å². The summed E-state index contributed by atoms with van der Waals surface area (Å²) in [4.78, 5) is 24.0. The summed E-state index contributed by atoms with van der Waals surface area (Å²) in [6.45, 7) is 0. The number of hydrogen-bond acceptors (Lipinski definition) is 4. The number of hydrogen-bond donors (Lipinski definition) is 3. The van der Waals surface area contributed by atoms with Crippen LogP contribution in [0.1, 0.15) is 12.0 Å². The number of imide groups is 1. The second-order valence-corrected chi connectivity index (χ2v) is 5.39. The van der Waals surface area contributed by atoms with Crippen LogP contribution in [0, 0.1) is 5.82 Å². The molecule has 2 heterocycles. The van der Waals surface area contributed by atoms with Crippen LogP contribution in [0.2, 0.25) is 0 Å². The molecule has 1 aromatic rings. The molecule has 0 unspecified atom stereocenters. The Balaban J connectivity index is 2.23. The first-order valence-electron chi connectivity index (χ1n) is 5.39. The second kappa shape index (κ2) is 3.61. The van der Waals surface area contributed by atoms with Gasteiger partial charge in [-0.15, -0.1) is 11.8 Å². The van der Waals surface area contributed by atoms with Gasteiger partial charge >= 0.3 is 6.03 Å². The smallest absolute Gasteiger partial charge is 0.322 e. The van der Waals surface area contributed by atoms with E-state index in [2.05, 4.69) is 10.6 Å². The zero-order valence-electron chi connectivity index (χ0n) is 9.25. The van der Waals surface area contributed by atoms with E-state index in [4.69, 9.17) is 5.73 Å². The van der Waals surface area contributed by atoms with Crippen LogP contribution in [-0.2, 0) is 10.3 Å². The van der Waals surface area contributed by atoms with Gasteiger partial charge < -0.3 is 11.1 Å². The highest BCUT2D eigenvalue weighted by molar-refractivity contribution is 7.99. The van der Waals surface area contributed by atoms with Crippen LogP contribution in [0.4, 0.5) is 14.9 Å². The van der Waals surface area contributed by atoms with Crippen molar-refractivity contribution in [3.8, 4) is 0 Å². The van der Waals surface area contributed by atoms with E-state index in [1.807, 2.05) is 0 Å². The van der Waals surface area contributed by atoms with Gasteiger partial charge in [0, 0.05) is 21.9 Å². The van der Waals surface area contributed by atoms with Crippen molar-refractivity contribution < 1.29 is 14.0 Å². The highest BCUT2D eigenvalue weighted by atomic mass is 32.2. The van der Waals surface area contributed by atoms with Crippen molar-refractivity contribution in [1.29, 1.82) is 0 Å². The lowest BCUT2D eigenvalue weighted by molar-refractivity contribution is -0.124. The monoisotopic (exact) mass is 267 g/mol. The molecule has 3 rings (SSSR count). The number of carbonyl (C=O) groups excluding carboxylic acids is 2. The fourth-order valence-corrected chi connectivity index (χ4v) is 3.62. The third-order valence-electron chi connectivity index (χ3n) is 3.21. The van der Waals surface area contributed by atoms with Crippen LogP contribution in [-0.4, -0.2) is 17.7 Å². The first-order chi connectivity index (χ1) is 8.53. The average Bonchev–Trinajstić information content (AvgIpc) is 2.56. The highest BCUT2D eigenvalue weighted by Gasteiger charge is 2.50. The van der Waals surface area contributed by atoms with Gasteiger partial charge in [-0.25, -0.2) is 9.18 Å². The zero-order chi connectivity index (χ0) is 12.9. The molecule has 1 atom stereocenters. The number of carbonyl (C=O) groups is 2. The maximum atomic E-state index is 13.5. The first kappa shape index (κ1) is 11.3. The molecule has 1 saturated heterocycles. The minimum Gasteiger partial charge on any atom is -0.398 e. The SMILES string of the molecule is Nc1cc(F)cc2c1SCC[C@]21NC(=O)NC1=O. The summed E-state index contributed by atoms with van der Waals surface area (Å²) in [7, 11) is 0. The Hall–Kier alpha value is -1.76. The van der Waals surface area contributed by atoms with E-state index >= 15 is 0 Å². The molecule has 18 heavy (non-hydrogen) atoms. The number of benzene rings is 1. The molecule has 1 fully saturated rings. The van der Waals surface area contributed by atoms with Gasteiger partial charge in [0.2, 0.25) is 0 Å². The van der Waals surface area contributed by atoms with E-state index in [1.54, 1.807) is 0 Å². The van der Waals surface area contributed by atoms with Gasteiger partial charge in [0.1, 0.15) is 11.4 Å². The second-order valence-electron chi connectivity index (χ2n) is 4.28. The van der Waals surface area contributed by atoms with E-state index in [0.717, 1.165) is 0 Å². The van der Waals surface area contributed by atoms with Crippen LogP contribution >= 0.6 is 11.8 Å². The largest absolute Gasteiger partial charge is 0.398 e. The first-order valence-corrected chi connectivity index (χ1v) is 6.37. The van der Waals surface area contributed by atoms with E-state index in [9.17, 15) is 14.0 Å². The van der Waals surface area contributed by atoms with Crippen molar-refractivity contribution in [3.05, 3.63) is 23.5 Å². The van der Waals surface area contributed by atoms with Crippen molar-refractivity contribution in [2.75, 3.05) is 11.5 Å². The Morgan fingerprint density at radius 1 is 1.39 bits per heavy atom. The predicted molar refractivity (Wildman–Crippen MR) is 64.5 cm³/mol. The van der Waals surface area contributed by atoms with Crippen LogP contribution in [0.25, 0.3) is 0 Å². The minimum atomic E-state index is -1.17. The van der Waals surface area contributed by atoms with Crippen LogP contribution in [0.3, 0.4) is 0 Å². The molecule has 1 aromatic carbocycles. The standard InChI is InChI=1S/C11H10FN3O2S/c12-5-3-6-8(7(13)4-5)18-2-1-11(6)9(16)14-10(17)15-11/h3-4H,1-2,13H2,(H2,14,15,16,17)/t11-/m0/s1. The summed E-state index contributed by atoms with van der Waals surface area (Å²) in [6, 6.07) is 1.93. The van der Waals surface area contributed by atoms with Gasteiger partial charge in [-0.05, 0) is 18.6 Å². The predicted octanol–water partition coefficient (Wildman–Crippen LogP) is 0.938. The lowest BCUT2D eigenvalue weighted by Crippen LogP contribution is -2.46. The molecule has 0 aliphatic carbocycles. The van der Waals surface area contributed by atoms with Gasteiger partial charge in [-0.2, -0.15) is 0 Å². The number of nitrogens with one attached hydrogen (secondary N) is 2.